The lowest BCUT2D eigenvalue weighted by Gasteiger charge is -2.18. The van der Waals surface area contributed by atoms with Gasteiger partial charge >= 0.3 is 0 Å². The molecule has 0 aromatic heterocycles. The Kier molecular flexibility index (Phi) is 9.86. The summed E-state index contributed by atoms with van der Waals surface area (Å²) in [5.41, 5.74) is 6.37. The highest BCUT2D eigenvalue weighted by Gasteiger charge is 2.26. The minimum absolute atomic E-state index is 0.221. The molecule has 0 aliphatic heterocycles. The van der Waals surface area contributed by atoms with Crippen molar-refractivity contribution in [1.82, 2.24) is 0 Å². The third-order valence-electron chi connectivity index (χ3n) is 13.3. The van der Waals surface area contributed by atoms with Crippen molar-refractivity contribution >= 4 is 103 Å². The Balaban J connectivity index is 0.000000122. The number of nitrogens with zero attached hydrogens (tertiary/aromatic N) is 6. The molecule has 10 heteroatoms. The minimum Gasteiger partial charge on any atom is -0.285 e. The molecule has 10 aromatic carbocycles. The van der Waals surface area contributed by atoms with Crippen molar-refractivity contribution in [3.8, 4) is 29.3 Å². The summed E-state index contributed by atoms with van der Waals surface area (Å²) < 4.78 is 0. The Labute approximate surface area is 398 Å². The summed E-state index contributed by atoms with van der Waals surface area (Å²) in [5, 5.41) is 40.4. The van der Waals surface area contributed by atoms with Gasteiger partial charge in [-0.15, -0.1) is 0 Å². The van der Waals surface area contributed by atoms with E-state index < -0.39 is 21.7 Å². The zero-order valence-corrected chi connectivity index (χ0v) is 38.4. The molecule has 2 aliphatic carbocycles. The van der Waals surface area contributed by atoms with Crippen LogP contribution in [-0.2, 0) is 0 Å². The molecule has 0 spiro atoms. The van der Waals surface area contributed by atoms with Gasteiger partial charge in [0, 0.05) is 38.1 Å². The van der Waals surface area contributed by atoms with Gasteiger partial charge in [0.15, 0.2) is 5.69 Å². The maximum absolute atomic E-state index is 12.4. The van der Waals surface area contributed by atoms with Crippen LogP contribution in [0.4, 0.5) is 17.1 Å². The van der Waals surface area contributed by atoms with Gasteiger partial charge in [0.1, 0.15) is 0 Å². The molecule has 0 unspecified atom stereocenters. The van der Waals surface area contributed by atoms with E-state index in [1.54, 1.807) is 38.1 Å². The van der Waals surface area contributed by atoms with E-state index >= 15 is 0 Å². The molecule has 0 fully saturated rings. The van der Waals surface area contributed by atoms with Crippen molar-refractivity contribution in [2.24, 2.45) is 0 Å². The average Bonchev–Trinajstić information content (AvgIpc) is 3.33. The van der Waals surface area contributed by atoms with Crippen LogP contribution in [0, 0.1) is 95.3 Å². The van der Waals surface area contributed by atoms with Gasteiger partial charge < -0.3 is 0 Å². The van der Waals surface area contributed by atoms with Gasteiger partial charge in [0.25, 0.3) is 0 Å². The van der Waals surface area contributed by atoms with Crippen molar-refractivity contribution < 1.29 is 0 Å². The van der Waals surface area contributed by atoms with Crippen LogP contribution in [0.2, 0.25) is 0 Å². The quantitative estimate of drug-likeness (QED) is 0.0834. The van der Waals surface area contributed by atoms with Crippen LogP contribution in [0.5, 0.6) is 0 Å². The first-order valence-electron chi connectivity index (χ1n) is 21.9. The van der Waals surface area contributed by atoms with Gasteiger partial charge in [-0.05, 0) is 159 Å². The number of aryl methyl sites for hydroxylation is 6. The second-order valence-electron chi connectivity index (χ2n) is 18.0. The number of rotatable bonds is 0. The third kappa shape index (κ3) is 6.20. The van der Waals surface area contributed by atoms with Crippen LogP contribution < -0.4 is 21.7 Å². The Morgan fingerprint density at radius 3 is 1.07 bits per heavy atom. The molecule has 0 bridgehead atoms. The second-order valence-corrected chi connectivity index (χ2v) is 18.0. The fourth-order valence-electron chi connectivity index (χ4n) is 10.7. The van der Waals surface area contributed by atoms with Gasteiger partial charge in [0.05, 0.1) is 54.6 Å². The first-order chi connectivity index (χ1) is 33.6. The molecule has 2 aliphatic rings. The fraction of sp³-hybridized carbons (Fsp3) is 0.100. The van der Waals surface area contributed by atoms with Crippen molar-refractivity contribution in [3.63, 3.8) is 0 Å². The molecule has 70 heavy (non-hydrogen) atoms. The molecular formula is C60H32N6O4. The van der Waals surface area contributed by atoms with E-state index in [1.807, 2.05) is 64.1 Å². The van der Waals surface area contributed by atoms with Gasteiger partial charge in [-0.1, -0.05) is 59.7 Å². The average molecular weight is 901 g/mol. The number of benzene rings is 12. The highest BCUT2D eigenvalue weighted by molar-refractivity contribution is 6.32. The summed E-state index contributed by atoms with van der Waals surface area (Å²) in [6.45, 7) is 34.0. The first-order valence-corrected chi connectivity index (χ1v) is 21.9. The van der Waals surface area contributed by atoms with E-state index in [2.05, 4.69) is 57.0 Å². The normalized spacial score (nSPS) is 11.1. The molecule has 326 valence electrons. The van der Waals surface area contributed by atoms with Crippen LogP contribution in [-0.4, -0.2) is 0 Å². The number of nitriles is 3. The van der Waals surface area contributed by atoms with E-state index in [4.69, 9.17) is 19.7 Å². The molecule has 0 heterocycles. The van der Waals surface area contributed by atoms with Gasteiger partial charge in [0.2, 0.25) is 33.1 Å². The SMILES string of the molecule is Cc1cc2c3c(c1)c(=O)c(=O)c1cc(C)cc(c1-3)c(=O)c2=O.[C-]#[N+]c1c(C#N)c2cc(C)cc3c(C#N)c([N+]#[C-])c4cc(C)cc1c4c23.[C-]#[N+]c1cc2cc(C)cc3c(C#N)cc4cc(C)cc1c4c23. The number of hydrogen-bond acceptors (Lipinski definition) is 7. The Morgan fingerprint density at radius 1 is 0.357 bits per heavy atom. The molecule has 0 saturated carbocycles. The van der Waals surface area contributed by atoms with Crippen LogP contribution in [0.25, 0.3) is 112 Å². The highest BCUT2D eigenvalue weighted by atomic mass is 16.2. The van der Waals surface area contributed by atoms with Crippen molar-refractivity contribution in [1.29, 1.82) is 15.8 Å². The second kappa shape index (κ2) is 15.8. The lowest BCUT2D eigenvalue weighted by atomic mass is 9.85. The first kappa shape index (κ1) is 43.8. The zero-order chi connectivity index (χ0) is 49.8. The molecule has 0 saturated heterocycles. The van der Waals surface area contributed by atoms with Gasteiger partial charge in [-0.3, -0.25) is 19.2 Å². The molecule has 10 aromatic rings. The summed E-state index contributed by atoms with van der Waals surface area (Å²) in [4.78, 5) is 60.5. The smallest absolute Gasteiger partial charge is 0.234 e. The Bertz CT molecular complexity index is 4320. The van der Waals surface area contributed by atoms with Crippen LogP contribution >= 0.6 is 0 Å². The van der Waals surface area contributed by atoms with E-state index in [0.29, 0.717) is 77.6 Å². The van der Waals surface area contributed by atoms with Crippen molar-refractivity contribution in [2.75, 3.05) is 0 Å². The van der Waals surface area contributed by atoms with Crippen molar-refractivity contribution in [3.05, 3.63) is 210 Å². The minimum atomic E-state index is -0.619. The summed E-state index contributed by atoms with van der Waals surface area (Å²) in [6.07, 6.45) is 0. The summed E-state index contributed by atoms with van der Waals surface area (Å²) in [5.74, 6) is 0. The van der Waals surface area contributed by atoms with Crippen molar-refractivity contribution in [2.45, 2.75) is 41.5 Å². The third-order valence-corrected chi connectivity index (χ3v) is 13.3. The lowest BCUT2D eigenvalue weighted by Crippen LogP contribution is -2.31. The van der Waals surface area contributed by atoms with Gasteiger partial charge in [-0.25, -0.2) is 14.5 Å². The molecular weight excluding hydrogens is 869 g/mol. The monoisotopic (exact) mass is 900 g/mol. The van der Waals surface area contributed by atoms with Gasteiger partial charge in [-0.2, -0.15) is 15.8 Å². The molecule has 0 amide bonds. The zero-order valence-electron chi connectivity index (χ0n) is 38.4. The van der Waals surface area contributed by atoms with E-state index in [1.165, 1.54) is 0 Å². The number of hydrogen-bond donors (Lipinski definition) is 0. The predicted molar refractivity (Wildman–Crippen MR) is 278 cm³/mol. The molecule has 0 N–H and O–H groups in total. The van der Waals surface area contributed by atoms with E-state index in [0.717, 1.165) is 65.3 Å². The maximum Gasteiger partial charge on any atom is 0.234 e. The standard InChI is InChI=1S/C22H10N4.C20H12N2.C18H10O4/c1-11-5-13-17(9-23)21(25-3)15-7-12(2)8-16-20(15)19(13)14(6-11)18(10-24)22(16)26-4;1-11-5-14-9-18(22-3)17-7-12(2)4-13-8-15(10-21)16(6-11)19(14)20(13)17;1-7-3-9-13-10(4-7)16(20)18(22)12-6-8(2)5-11(14(12)13)17(21)15(9)19/h5-8H,1-2H3;4-9H,1-2H3;3-6H,1-2H3. The Hall–Kier alpha value is -10.1. The summed E-state index contributed by atoms with van der Waals surface area (Å²) in [6, 6.07) is 32.9. The predicted octanol–water partition coefficient (Wildman–Crippen LogP) is 13.1. The molecule has 0 radical (unpaired) electrons. The molecule has 10 nitrogen and oxygen atoms in total. The van der Waals surface area contributed by atoms with E-state index in [9.17, 15) is 35.0 Å². The lowest BCUT2D eigenvalue weighted by molar-refractivity contribution is 1.43. The fourth-order valence-corrected chi connectivity index (χ4v) is 10.7. The summed E-state index contributed by atoms with van der Waals surface area (Å²) in [7, 11) is 0. The van der Waals surface area contributed by atoms with Crippen LogP contribution in [0.15, 0.2) is 104 Å². The van der Waals surface area contributed by atoms with Crippen LogP contribution in [0.3, 0.4) is 0 Å². The summed E-state index contributed by atoms with van der Waals surface area (Å²) >= 11 is 0. The topological polar surface area (TPSA) is 153 Å². The Morgan fingerprint density at radius 2 is 0.686 bits per heavy atom. The largest absolute Gasteiger partial charge is 0.285 e. The van der Waals surface area contributed by atoms with E-state index in [-0.39, 0.29) is 21.5 Å². The highest BCUT2D eigenvalue weighted by Crippen LogP contribution is 2.49. The van der Waals surface area contributed by atoms with Crippen LogP contribution in [0.1, 0.15) is 50.1 Å². The maximum atomic E-state index is 12.4. The molecule has 12 rings (SSSR count). The molecule has 0 atom stereocenters.